The van der Waals surface area contributed by atoms with E-state index in [0.29, 0.717) is 24.5 Å². The molecule has 2 heterocycles. The fourth-order valence-corrected chi connectivity index (χ4v) is 2.02. The Morgan fingerprint density at radius 2 is 2.53 bits per heavy atom. The van der Waals surface area contributed by atoms with E-state index in [1.165, 1.54) is 12.8 Å². The van der Waals surface area contributed by atoms with E-state index in [1.54, 1.807) is 12.3 Å². The molecule has 2 N–H and O–H groups in total. The summed E-state index contributed by atoms with van der Waals surface area (Å²) in [5, 5.41) is 6.70. The fourth-order valence-electron chi connectivity index (χ4n) is 2.02. The zero-order chi connectivity index (χ0) is 11.9. The van der Waals surface area contributed by atoms with Crippen molar-refractivity contribution in [2.75, 3.05) is 25.0 Å². The Kier molecular flexibility index (Phi) is 4.55. The molecule has 0 saturated carbocycles. The molecule has 1 aromatic rings. The molecule has 5 heteroatoms. The number of ether oxygens (including phenoxy) is 1. The lowest BCUT2D eigenvalue weighted by molar-refractivity contribution is 0.326. The van der Waals surface area contributed by atoms with Gasteiger partial charge in [0.1, 0.15) is 0 Å². The van der Waals surface area contributed by atoms with Crippen LogP contribution >= 0.6 is 0 Å². The van der Waals surface area contributed by atoms with Gasteiger partial charge in [0.05, 0.1) is 6.61 Å². The maximum absolute atomic E-state index is 5.32. The molecule has 1 aliphatic rings. The zero-order valence-electron chi connectivity index (χ0n) is 10.3. The monoisotopic (exact) mass is 236 g/mol. The number of hydrogen-bond donors (Lipinski definition) is 2. The average Bonchev–Trinajstić information content (AvgIpc) is 2.83. The Balaban J connectivity index is 1.75. The first kappa shape index (κ1) is 12.1. The minimum atomic E-state index is 0.627. The Morgan fingerprint density at radius 1 is 1.59 bits per heavy atom. The van der Waals surface area contributed by atoms with Crippen molar-refractivity contribution in [3.63, 3.8) is 0 Å². The van der Waals surface area contributed by atoms with Crippen LogP contribution in [-0.2, 0) is 0 Å². The van der Waals surface area contributed by atoms with E-state index in [2.05, 4.69) is 20.6 Å². The third kappa shape index (κ3) is 3.85. The van der Waals surface area contributed by atoms with Crippen LogP contribution in [0.4, 0.5) is 5.95 Å². The molecule has 1 aromatic heterocycles. The van der Waals surface area contributed by atoms with Crippen LogP contribution < -0.4 is 15.4 Å². The van der Waals surface area contributed by atoms with E-state index in [-0.39, 0.29) is 0 Å². The van der Waals surface area contributed by atoms with Gasteiger partial charge in [-0.3, -0.25) is 0 Å². The van der Waals surface area contributed by atoms with Crippen molar-refractivity contribution in [3.05, 3.63) is 12.3 Å². The van der Waals surface area contributed by atoms with Crippen molar-refractivity contribution in [1.82, 2.24) is 15.3 Å². The van der Waals surface area contributed by atoms with Gasteiger partial charge in [-0.1, -0.05) is 0 Å². The summed E-state index contributed by atoms with van der Waals surface area (Å²) in [7, 11) is 0. The lowest BCUT2D eigenvalue weighted by Gasteiger charge is -2.11. The highest BCUT2D eigenvalue weighted by Crippen LogP contribution is 2.10. The van der Waals surface area contributed by atoms with Crippen LogP contribution in [0.2, 0.25) is 0 Å². The maximum atomic E-state index is 5.32. The molecule has 5 nitrogen and oxygen atoms in total. The lowest BCUT2D eigenvalue weighted by atomic mass is 10.1. The fraction of sp³-hybridized carbons (Fsp3) is 0.667. The highest BCUT2D eigenvalue weighted by atomic mass is 16.5. The topological polar surface area (TPSA) is 59.1 Å². The molecular formula is C12H20N4O. The standard InChI is InChI=1S/C12H20N4O/c1-2-17-11-6-9-15-12(16-11)14-8-5-10-4-3-7-13-10/h6,9-10,13H,2-5,7-8H2,1H3,(H,14,15,16)/t10-/m1/s1. The first-order valence-electron chi connectivity index (χ1n) is 6.31. The van der Waals surface area contributed by atoms with Crippen molar-refractivity contribution in [1.29, 1.82) is 0 Å². The molecule has 17 heavy (non-hydrogen) atoms. The van der Waals surface area contributed by atoms with Gasteiger partial charge in [0.2, 0.25) is 11.8 Å². The Hall–Kier alpha value is -1.36. The van der Waals surface area contributed by atoms with Gasteiger partial charge >= 0.3 is 0 Å². The van der Waals surface area contributed by atoms with Crippen molar-refractivity contribution in [3.8, 4) is 5.88 Å². The molecule has 1 fully saturated rings. The summed E-state index contributed by atoms with van der Waals surface area (Å²) in [4.78, 5) is 8.42. The molecule has 0 spiro atoms. The zero-order valence-corrected chi connectivity index (χ0v) is 10.3. The minimum Gasteiger partial charge on any atom is -0.478 e. The molecule has 1 atom stereocenters. The van der Waals surface area contributed by atoms with Crippen LogP contribution in [0.1, 0.15) is 26.2 Å². The van der Waals surface area contributed by atoms with E-state index in [1.807, 2.05) is 6.92 Å². The first-order chi connectivity index (χ1) is 8.38. The van der Waals surface area contributed by atoms with Crippen LogP contribution in [0.15, 0.2) is 12.3 Å². The number of nitrogens with zero attached hydrogens (tertiary/aromatic N) is 2. The van der Waals surface area contributed by atoms with E-state index in [4.69, 9.17) is 4.74 Å². The normalized spacial score (nSPS) is 19.2. The summed E-state index contributed by atoms with van der Waals surface area (Å²) in [6.45, 7) is 4.62. The molecular weight excluding hydrogens is 216 g/mol. The average molecular weight is 236 g/mol. The second kappa shape index (κ2) is 6.39. The molecule has 1 saturated heterocycles. The van der Waals surface area contributed by atoms with Gasteiger partial charge in [-0.05, 0) is 32.7 Å². The smallest absolute Gasteiger partial charge is 0.225 e. The van der Waals surface area contributed by atoms with Gasteiger partial charge in [0.15, 0.2) is 0 Å². The molecule has 0 amide bonds. The van der Waals surface area contributed by atoms with E-state index in [9.17, 15) is 0 Å². The van der Waals surface area contributed by atoms with Crippen LogP contribution in [0.25, 0.3) is 0 Å². The molecule has 1 aliphatic heterocycles. The number of aromatic nitrogens is 2. The number of nitrogens with one attached hydrogen (secondary N) is 2. The molecule has 2 rings (SSSR count). The molecule has 0 radical (unpaired) electrons. The minimum absolute atomic E-state index is 0.627. The molecule has 0 aromatic carbocycles. The van der Waals surface area contributed by atoms with Crippen molar-refractivity contribution >= 4 is 5.95 Å². The van der Waals surface area contributed by atoms with Gasteiger partial charge in [-0.25, -0.2) is 4.98 Å². The van der Waals surface area contributed by atoms with E-state index >= 15 is 0 Å². The third-order valence-corrected chi connectivity index (χ3v) is 2.86. The summed E-state index contributed by atoms with van der Waals surface area (Å²) >= 11 is 0. The predicted octanol–water partition coefficient (Wildman–Crippen LogP) is 1.43. The third-order valence-electron chi connectivity index (χ3n) is 2.86. The van der Waals surface area contributed by atoms with E-state index in [0.717, 1.165) is 19.5 Å². The Morgan fingerprint density at radius 3 is 3.29 bits per heavy atom. The maximum Gasteiger partial charge on any atom is 0.225 e. The second-order valence-electron chi connectivity index (χ2n) is 4.16. The van der Waals surface area contributed by atoms with Crippen LogP contribution in [0.3, 0.4) is 0 Å². The lowest BCUT2D eigenvalue weighted by Crippen LogP contribution is -2.24. The largest absolute Gasteiger partial charge is 0.478 e. The number of hydrogen-bond acceptors (Lipinski definition) is 5. The SMILES string of the molecule is CCOc1ccnc(NCC[C@H]2CCCN2)n1. The van der Waals surface area contributed by atoms with Crippen molar-refractivity contribution < 1.29 is 4.74 Å². The summed E-state index contributed by atoms with van der Waals surface area (Å²) in [6.07, 6.45) is 5.40. The van der Waals surface area contributed by atoms with Gasteiger partial charge in [0, 0.05) is 24.8 Å². The first-order valence-corrected chi connectivity index (χ1v) is 6.31. The summed E-state index contributed by atoms with van der Waals surface area (Å²) in [5.74, 6) is 1.28. The van der Waals surface area contributed by atoms with Crippen LogP contribution in [-0.4, -0.2) is 35.7 Å². The Bertz CT molecular complexity index is 339. The Labute approximate surface area is 102 Å². The van der Waals surface area contributed by atoms with Crippen LogP contribution in [0.5, 0.6) is 5.88 Å². The van der Waals surface area contributed by atoms with E-state index < -0.39 is 0 Å². The van der Waals surface area contributed by atoms with Crippen LogP contribution in [0, 0.1) is 0 Å². The van der Waals surface area contributed by atoms with Gasteiger partial charge in [0.25, 0.3) is 0 Å². The molecule has 0 aliphatic carbocycles. The molecule has 0 bridgehead atoms. The number of anilines is 1. The van der Waals surface area contributed by atoms with Gasteiger partial charge in [-0.15, -0.1) is 0 Å². The number of rotatable bonds is 6. The molecule has 94 valence electrons. The predicted molar refractivity (Wildman–Crippen MR) is 67.3 cm³/mol. The highest BCUT2D eigenvalue weighted by molar-refractivity contribution is 5.27. The van der Waals surface area contributed by atoms with Gasteiger partial charge in [-0.2, -0.15) is 4.98 Å². The van der Waals surface area contributed by atoms with Gasteiger partial charge < -0.3 is 15.4 Å². The summed E-state index contributed by atoms with van der Waals surface area (Å²) in [6, 6.07) is 2.42. The summed E-state index contributed by atoms with van der Waals surface area (Å²) < 4.78 is 5.32. The molecule has 0 unspecified atom stereocenters. The second-order valence-corrected chi connectivity index (χ2v) is 4.16. The highest BCUT2D eigenvalue weighted by Gasteiger charge is 2.13. The van der Waals surface area contributed by atoms with Crippen molar-refractivity contribution in [2.45, 2.75) is 32.2 Å². The summed E-state index contributed by atoms with van der Waals surface area (Å²) in [5.41, 5.74) is 0. The van der Waals surface area contributed by atoms with Crippen molar-refractivity contribution in [2.24, 2.45) is 0 Å². The quantitative estimate of drug-likeness (QED) is 0.782.